The highest BCUT2D eigenvalue weighted by Gasteiger charge is 2.49. The van der Waals surface area contributed by atoms with Crippen LogP contribution >= 0.6 is 0 Å². The average molecular weight is 228 g/mol. The summed E-state index contributed by atoms with van der Waals surface area (Å²) in [6, 6.07) is -0.201. The number of rotatable bonds is 3. The van der Waals surface area contributed by atoms with Crippen LogP contribution in [0.1, 0.15) is 32.6 Å². The summed E-state index contributed by atoms with van der Waals surface area (Å²) in [5.74, 6) is -0.873. The van der Waals surface area contributed by atoms with E-state index in [1.54, 1.807) is 14.1 Å². The number of aliphatic carboxylic acids is 1. The molecule has 1 fully saturated rings. The second kappa shape index (κ2) is 4.72. The Labute approximate surface area is 96.0 Å². The molecule has 1 saturated heterocycles. The maximum Gasteiger partial charge on any atom is 0.329 e. The monoisotopic (exact) mass is 228 g/mol. The lowest BCUT2D eigenvalue weighted by atomic mass is 9.91. The Morgan fingerprint density at radius 1 is 1.44 bits per heavy atom. The molecule has 5 nitrogen and oxygen atoms in total. The van der Waals surface area contributed by atoms with Gasteiger partial charge in [0.25, 0.3) is 0 Å². The molecule has 0 saturated carbocycles. The lowest BCUT2D eigenvalue weighted by molar-refractivity contribution is -0.148. The molecule has 1 rings (SSSR count). The van der Waals surface area contributed by atoms with E-state index in [0.29, 0.717) is 19.4 Å². The first-order valence-electron chi connectivity index (χ1n) is 5.68. The minimum absolute atomic E-state index is 0.201. The summed E-state index contributed by atoms with van der Waals surface area (Å²) in [6.45, 7) is 2.49. The van der Waals surface area contributed by atoms with Gasteiger partial charge in [0.2, 0.25) is 0 Å². The summed E-state index contributed by atoms with van der Waals surface area (Å²) in [7, 11) is 3.30. The van der Waals surface area contributed by atoms with Crippen LogP contribution in [0.3, 0.4) is 0 Å². The van der Waals surface area contributed by atoms with Crippen molar-refractivity contribution in [2.24, 2.45) is 0 Å². The van der Waals surface area contributed by atoms with E-state index in [4.69, 9.17) is 0 Å². The van der Waals surface area contributed by atoms with Crippen molar-refractivity contribution in [1.29, 1.82) is 0 Å². The molecule has 1 aliphatic heterocycles. The van der Waals surface area contributed by atoms with Crippen LogP contribution in [0.15, 0.2) is 0 Å². The number of hydrogen-bond donors (Lipinski definition) is 1. The van der Waals surface area contributed by atoms with Crippen LogP contribution in [-0.2, 0) is 4.79 Å². The fourth-order valence-corrected chi connectivity index (χ4v) is 2.40. The summed E-state index contributed by atoms with van der Waals surface area (Å²) in [6.07, 6.45) is 2.63. The van der Waals surface area contributed by atoms with Crippen LogP contribution in [0.25, 0.3) is 0 Å². The summed E-state index contributed by atoms with van der Waals surface area (Å²) >= 11 is 0. The van der Waals surface area contributed by atoms with Crippen molar-refractivity contribution in [1.82, 2.24) is 9.80 Å². The van der Waals surface area contributed by atoms with Crippen LogP contribution in [0.2, 0.25) is 0 Å². The summed E-state index contributed by atoms with van der Waals surface area (Å²) in [5, 5.41) is 9.38. The zero-order valence-electron chi connectivity index (χ0n) is 10.2. The van der Waals surface area contributed by atoms with E-state index in [-0.39, 0.29) is 6.03 Å². The molecule has 2 amide bonds. The van der Waals surface area contributed by atoms with Gasteiger partial charge in [-0.3, -0.25) is 0 Å². The molecule has 0 radical (unpaired) electrons. The number of carbonyl (C=O) groups excluding carboxylic acids is 1. The number of hydrogen-bond acceptors (Lipinski definition) is 2. The van der Waals surface area contributed by atoms with Gasteiger partial charge in [-0.2, -0.15) is 0 Å². The first kappa shape index (κ1) is 12.8. The highest BCUT2D eigenvalue weighted by molar-refractivity contribution is 5.86. The first-order valence-corrected chi connectivity index (χ1v) is 5.68. The molecule has 1 N–H and O–H groups in total. The third kappa shape index (κ3) is 1.99. The van der Waals surface area contributed by atoms with E-state index in [9.17, 15) is 14.7 Å². The Morgan fingerprint density at radius 2 is 2.06 bits per heavy atom. The maximum absolute atomic E-state index is 11.9. The van der Waals surface area contributed by atoms with Crippen LogP contribution in [0.4, 0.5) is 4.79 Å². The number of nitrogens with zero attached hydrogens (tertiary/aromatic N) is 2. The van der Waals surface area contributed by atoms with Gasteiger partial charge >= 0.3 is 12.0 Å². The van der Waals surface area contributed by atoms with Crippen molar-refractivity contribution in [3.05, 3.63) is 0 Å². The number of carboxylic acids is 1. The molecule has 0 aromatic heterocycles. The fraction of sp³-hybridized carbons (Fsp3) is 0.818. The van der Waals surface area contributed by atoms with E-state index in [1.165, 1.54) is 9.80 Å². The molecule has 92 valence electrons. The average Bonchev–Trinajstić information content (AvgIpc) is 2.62. The Morgan fingerprint density at radius 3 is 2.50 bits per heavy atom. The normalized spacial score (nSPS) is 24.6. The van der Waals surface area contributed by atoms with Crippen molar-refractivity contribution < 1.29 is 14.7 Å². The van der Waals surface area contributed by atoms with E-state index >= 15 is 0 Å². The minimum atomic E-state index is -0.976. The Kier molecular flexibility index (Phi) is 3.78. The van der Waals surface area contributed by atoms with Gasteiger partial charge in [0, 0.05) is 20.6 Å². The van der Waals surface area contributed by atoms with Crippen molar-refractivity contribution in [2.45, 2.75) is 38.1 Å². The predicted molar refractivity (Wildman–Crippen MR) is 60.3 cm³/mol. The minimum Gasteiger partial charge on any atom is -0.479 e. The Bertz CT molecular complexity index is 291. The summed E-state index contributed by atoms with van der Waals surface area (Å²) in [5.41, 5.74) is -0.976. The number of carbonyl (C=O) groups is 2. The summed E-state index contributed by atoms with van der Waals surface area (Å²) < 4.78 is 0. The smallest absolute Gasteiger partial charge is 0.329 e. The lowest BCUT2D eigenvalue weighted by Gasteiger charge is -2.36. The van der Waals surface area contributed by atoms with Gasteiger partial charge < -0.3 is 14.9 Å². The molecule has 16 heavy (non-hydrogen) atoms. The molecular weight excluding hydrogens is 208 g/mol. The van der Waals surface area contributed by atoms with Crippen molar-refractivity contribution in [2.75, 3.05) is 20.6 Å². The number of urea groups is 1. The van der Waals surface area contributed by atoms with E-state index < -0.39 is 11.5 Å². The molecule has 1 atom stereocenters. The third-order valence-electron chi connectivity index (χ3n) is 3.16. The highest BCUT2D eigenvalue weighted by atomic mass is 16.4. The Balaban J connectivity index is 2.98. The summed E-state index contributed by atoms with van der Waals surface area (Å²) in [4.78, 5) is 26.3. The molecule has 0 aromatic carbocycles. The van der Waals surface area contributed by atoms with Crippen LogP contribution in [0.5, 0.6) is 0 Å². The fourth-order valence-electron chi connectivity index (χ4n) is 2.40. The van der Waals surface area contributed by atoms with E-state index in [1.807, 2.05) is 6.92 Å². The van der Waals surface area contributed by atoms with Crippen LogP contribution in [0, 0.1) is 0 Å². The second-order valence-corrected chi connectivity index (χ2v) is 4.52. The van der Waals surface area contributed by atoms with Crippen molar-refractivity contribution in [3.8, 4) is 0 Å². The molecule has 1 unspecified atom stereocenters. The zero-order chi connectivity index (χ0) is 12.3. The zero-order valence-corrected chi connectivity index (χ0v) is 10.2. The van der Waals surface area contributed by atoms with Crippen LogP contribution < -0.4 is 0 Å². The van der Waals surface area contributed by atoms with Gasteiger partial charge in [-0.25, -0.2) is 9.59 Å². The molecule has 0 aromatic rings. The molecule has 1 heterocycles. The molecule has 5 heteroatoms. The predicted octanol–water partition coefficient (Wildman–Crippen LogP) is 1.39. The van der Waals surface area contributed by atoms with Gasteiger partial charge in [0.15, 0.2) is 0 Å². The van der Waals surface area contributed by atoms with Crippen LogP contribution in [-0.4, -0.2) is 53.1 Å². The Hall–Kier alpha value is -1.26. The van der Waals surface area contributed by atoms with Gasteiger partial charge in [0.05, 0.1) is 0 Å². The second-order valence-electron chi connectivity index (χ2n) is 4.52. The van der Waals surface area contributed by atoms with Gasteiger partial charge in [-0.1, -0.05) is 13.3 Å². The third-order valence-corrected chi connectivity index (χ3v) is 3.16. The largest absolute Gasteiger partial charge is 0.479 e. The molecule has 1 aliphatic rings. The van der Waals surface area contributed by atoms with Crippen molar-refractivity contribution in [3.63, 3.8) is 0 Å². The first-order chi connectivity index (χ1) is 7.45. The molecule has 0 bridgehead atoms. The van der Waals surface area contributed by atoms with Gasteiger partial charge in [-0.15, -0.1) is 0 Å². The topological polar surface area (TPSA) is 60.9 Å². The molecular formula is C11H20N2O3. The molecule has 0 spiro atoms. The number of amides is 2. The highest BCUT2D eigenvalue weighted by Crippen LogP contribution is 2.34. The van der Waals surface area contributed by atoms with Gasteiger partial charge in [0.1, 0.15) is 5.54 Å². The van der Waals surface area contributed by atoms with E-state index in [2.05, 4.69) is 0 Å². The quantitative estimate of drug-likeness (QED) is 0.794. The van der Waals surface area contributed by atoms with Crippen molar-refractivity contribution >= 4 is 12.0 Å². The number of likely N-dealkylation sites (tertiary alicyclic amines) is 1. The molecule has 0 aliphatic carbocycles. The number of carboxylic acid groups (broad SMARTS) is 1. The van der Waals surface area contributed by atoms with Gasteiger partial charge in [-0.05, 0) is 19.3 Å². The van der Waals surface area contributed by atoms with E-state index in [0.717, 1.165) is 12.8 Å². The SMILES string of the molecule is CCCC1(C(=O)O)CCCN1C(=O)N(C)C. The standard InChI is InChI=1S/C11H20N2O3/c1-4-6-11(9(14)15)7-5-8-13(11)10(16)12(2)3/h4-8H2,1-3H3,(H,14,15). The lowest BCUT2D eigenvalue weighted by Crippen LogP contribution is -2.55. The maximum atomic E-state index is 11.9.